The summed E-state index contributed by atoms with van der Waals surface area (Å²) >= 11 is 0. The Kier molecular flexibility index (Phi) is 5.38. The molecular formula is C24H20N2O3. The molecule has 0 saturated heterocycles. The highest BCUT2D eigenvalue weighted by atomic mass is 16.3. The van der Waals surface area contributed by atoms with Crippen LogP contribution in [0.5, 0.6) is 0 Å². The van der Waals surface area contributed by atoms with Crippen molar-refractivity contribution in [2.45, 2.75) is 13.0 Å². The molecule has 0 bridgehead atoms. The predicted octanol–water partition coefficient (Wildman–Crippen LogP) is 4.54. The number of benzene rings is 3. The molecule has 0 fully saturated rings. The number of furan rings is 1. The third-order valence-corrected chi connectivity index (χ3v) is 4.64. The molecule has 1 heterocycles. The Morgan fingerprint density at radius 2 is 1.69 bits per heavy atom. The zero-order valence-electron chi connectivity index (χ0n) is 15.7. The summed E-state index contributed by atoms with van der Waals surface area (Å²) < 4.78 is 5.21. The molecule has 0 radical (unpaired) electrons. The van der Waals surface area contributed by atoms with E-state index in [2.05, 4.69) is 10.6 Å². The Bertz CT molecular complexity index is 1140. The lowest BCUT2D eigenvalue weighted by atomic mass is 10.0. The van der Waals surface area contributed by atoms with Gasteiger partial charge in [0.15, 0.2) is 0 Å². The molecule has 29 heavy (non-hydrogen) atoms. The molecule has 0 aliphatic heterocycles. The van der Waals surface area contributed by atoms with Gasteiger partial charge in [-0.15, -0.1) is 0 Å². The molecule has 144 valence electrons. The zero-order chi connectivity index (χ0) is 20.1. The lowest BCUT2D eigenvalue weighted by Gasteiger charge is -2.09. The predicted molar refractivity (Wildman–Crippen MR) is 113 cm³/mol. The number of rotatable bonds is 6. The fraction of sp³-hybridized carbons (Fsp3) is 0.0833. The first kappa shape index (κ1) is 18.5. The van der Waals surface area contributed by atoms with Crippen molar-refractivity contribution in [2.24, 2.45) is 0 Å². The van der Waals surface area contributed by atoms with E-state index in [0.29, 0.717) is 23.6 Å². The van der Waals surface area contributed by atoms with Gasteiger partial charge in [-0.05, 0) is 46.7 Å². The molecule has 5 heteroatoms. The van der Waals surface area contributed by atoms with Gasteiger partial charge in [0.25, 0.3) is 5.91 Å². The normalized spacial score (nSPS) is 10.6. The van der Waals surface area contributed by atoms with Gasteiger partial charge in [0.05, 0.1) is 19.2 Å². The third kappa shape index (κ3) is 4.52. The molecule has 4 aromatic rings. The summed E-state index contributed by atoms with van der Waals surface area (Å²) in [7, 11) is 0. The maximum atomic E-state index is 12.6. The molecule has 1 aromatic heterocycles. The molecule has 5 nitrogen and oxygen atoms in total. The van der Waals surface area contributed by atoms with E-state index < -0.39 is 0 Å². The Labute approximate surface area is 168 Å². The Hall–Kier alpha value is -3.86. The summed E-state index contributed by atoms with van der Waals surface area (Å²) in [6.45, 7) is 0.309. The molecule has 2 amide bonds. The van der Waals surface area contributed by atoms with Crippen molar-refractivity contribution in [3.8, 4) is 0 Å². The van der Waals surface area contributed by atoms with E-state index in [4.69, 9.17) is 4.42 Å². The van der Waals surface area contributed by atoms with Gasteiger partial charge in [-0.3, -0.25) is 9.59 Å². The monoisotopic (exact) mass is 384 g/mol. The van der Waals surface area contributed by atoms with E-state index in [9.17, 15) is 9.59 Å². The van der Waals surface area contributed by atoms with Crippen LogP contribution in [0.15, 0.2) is 89.5 Å². The molecule has 4 rings (SSSR count). The molecule has 0 aliphatic rings. The minimum Gasteiger partial charge on any atom is -0.467 e. The Morgan fingerprint density at radius 1 is 0.862 bits per heavy atom. The van der Waals surface area contributed by atoms with Gasteiger partial charge < -0.3 is 15.1 Å². The summed E-state index contributed by atoms with van der Waals surface area (Å²) in [5, 5.41) is 7.85. The first-order valence-electron chi connectivity index (χ1n) is 9.36. The van der Waals surface area contributed by atoms with E-state index in [1.54, 1.807) is 42.7 Å². The van der Waals surface area contributed by atoms with Crippen LogP contribution in [0.1, 0.15) is 21.7 Å². The van der Waals surface area contributed by atoms with Gasteiger partial charge >= 0.3 is 0 Å². The zero-order valence-corrected chi connectivity index (χ0v) is 15.7. The van der Waals surface area contributed by atoms with E-state index in [0.717, 1.165) is 16.3 Å². The second-order valence-electron chi connectivity index (χ2n) is 6.71. The smallest absolute Gasteiger partial charge is 0.251 e. The summed E-state index contributed by atoms with van der Waals surface area (Å²) in [5.41, 5.74) is 2.02. The van der Waals surface area contributed by atoms with Crippen LogP contribution in [-0.2, 0) is 17.8 Å². The van der Waals surface area contributed by atoms with Crippen LogP contribution in [0.3, 0.4) is 0 Å². The van der Waals surface area contributed by atoms with Gasteiger partial charge in [0, 0.05) is 11.3 Å². The fourth-order valence-electron chi connectivity index (χ4n) is 3.25. The number of carbonyl (C=O) groups excluding carboxylic acids is 2. The van der Waals surface area contributed by atoms with Crippen LogP contribution in [0.2, 0.25) is 0 Å². The standard InChI is InChI=1S/C24H20N2O3/c27-23(15-18-8-3-7-17-6-1-2-12-22(17)18)26-20-10-4-9-19(14-20)24(28)25-16-21-11-5-13-29-21/h1-14H,15-16H2,(H,25,28)(H,26,27). The van der Waals surface area contributed by atoms with Crippen LogP contribution in [0.4, 0.5) is 5.69 Å². The molecular weight excluding hydrogens is 364 g/mol. The number of carbonyl (C=O) groups is 2. The molecule has 0 saturated carbocycles. The average molecular weight is 384 g/mol. The maximum Gasteiger partial charge on any atom is 0.251 e. The number of nitrogens with one attached hydrogen (secondary N) is 2. The van der Waals surface area contributed by atoms with Crippen LogP contribution < -0.4 is 10.6 Å². The van der Waals surface area contributed by atoms with Crippen molar-refractivity contribution in [1.82, 2.24) is 5.32 Å². The number of anilines is 1. The summed E-state index contributed by atoms with van der Waals surface area (Å²) in [6, 6.07) is 24.4. The van der Waals surface area contributed by atoms with Gasteiger partial charge in [-0.25, -0.2) is 0 Å². The number of hydrogen-bond donors (Lipinski definition) is 2. The fourth-order valence-corrected chi connectivity index (χ4v) is 3.25. The largest absolute Gasteiger partial charge is 0.467 e. The van der Waals surface area contributed by atoms with Crippen molar-refractivity contribution in [2.75, 3.05) is 5.32 Å². The van der Waals surface area contributed by atoms with Crippen molar-refractivity contribution < 1.29 is 14.0 Å². The highest BCUT2D eigenvalue weighted by Crippen LogP contribution is 2.19. The average Bonchev–Trinajstić information content (AvgIpc) is 3.26. The summed E-state index contributed by atoms with van der Waals surface area (Å²) in [6.07, 6.45) is 1.82. The SMILES string of the molecule is O=C(Cc1cccc2ccccc12)Nc1cccc(C(=O)NCc2ccco2)c1. The van der Waals surface area contributed by atoms with E-state index in [1.807, 2.05) is 42.5 Å². The second kappa shape index (κ2) is 8.44. The first-order chi connectivity index (χ1) is 14.2. The lowest BCUT2D eigenvalue weighted by Crippen LogP contribution is -2.23. The number of amides is 2. The minimum atomic E-state index is -0.230. The molecule has 0 aliphatic carbocycles. The summed E-state index contributed by atoms with van der Waals surface area (Å²) in [4.78, 5) is 24.9. The first-order valence-corrected chi connectivity index (χ1v) is 9.36. The Morgan fingerprint density at radius 3 is 2.55 bits per heavy atom. The van der Waals surface area contributed by atoms with Gasteiger partial charge in [-0.2, -0.15) is 0 Å². The topological polar surface area (TPSA) is 71.3 Å². The molecule has 0 atom stereocenters. The molecule has 0 spiro atoms. The van der Waals surface area contributed by atoms with Crippen LogP contribution in [0.25, 0.3) is 10.8 Å². The van der Waals surface area contributed by atoms with Crippen LogP contribution in [0, 0.1) is 0 Å². The second-order valence-corrected chi connectivity index (χ2v) is 6.71. The van der Waals surface area contributed by atoms with E-state index >= 15 is 0 Å². The lowest BCUT2D eigenvalue weighted by molar-refractivity contribution is -0.115. The van der Waals surface area contributed by atoms with Gasteiger partial charge in [-0.1, -0.05) is 48.5 Å². The van der Waals surface area contributed by atoms with Crippen LogP contribution >= 0.6 is 0 Å². The van der Waals surface area contributed by atoms with E-state index in [-0.39, 0.29) is 18.2 Å². The third-order valence-electron chi connectivity index (χ3n) is 4.64. The van der Waals surface area contributed by atoms with Gasteiger partial charge in [0.2, 0.25) is 5.91 Å². The summed E-state index contributed by atoms with van der Waals surface area (Å²) in [5.74, 6) is 0.318. The molecule has 0 unspecified atom stereocenters. The van der Waals surface area contributed by atoms with Crippen molar-refractivity contribution in [3.63, 3.8) is 0 Å². The highest BCUT2D eigenvalue weighted by molar-refractivity contribution is 5.98. The number of hydrogen-bond acceptors (Lipinski definition) is 3. The van der Waals surface area contributed by atoms with Crippen molar-refractivity contribution in [3.05, 3.63) is 102 Å². The molecule has 3 aromatic carbocycles. The minimum absolute atomic E-state index is 0.130. The van der Waals surface area contributed by atoms with Gasteiger partial charge in [0.1, 0.15) is 5.76 Å². The maximum absolute atomic E-state index is 12.6. The van der Waals surface area contributed by atoms with Crippen LogP contribution in [-0.4, -0.2) is 11.8 Å². The number of fused-ring (bicyclic) bond motifs is 1. The highest BCUT2D eigenvalue weighted by Gasteiger charge is 2.10. The molecule has 2 N–H and O–H groups in total. The quantitative estimate of drug-likeness (QED) is 0.512. The van der Waals surface area contributed by atoms with E-state index in [1.165, 1.54) is 0 Å². The van der Waals surface area contributed by atoms with Crippen molar-refractivity contribution in [1.29, 1.82) is 0 Å². The Balaban J connectivity index is 1.42. The van der Waals surface area contributed by atoms with Crippen molar-refractivity contribution >= 4 is 28.3 Å².